The molecule has 1 aliphatic rings. The van der Waals surface area contributed by atoms with Crippen molar-refractivity contribution >= 4 is 5.91 Å². The van der Waals surface area contributed by atoms with E-state index in [1.165, 1.54) is 5.56 Å². The van der Waals surface area contributed by atoms with E-state index in [2.05, 4.69) is 24.4 Å². The molecule has 1 aromatic carbocycles. The number of carbonyl (C=O) groups is 1. The normalized spacial score (nSPS) is 25.1. The van der Waals surface area contributed by atoms with Crippen molar-refractivity contribution in [3.05, 3.63) is 35.9 Å². The molecular weight excluding hydrogens is 212 g/mol. The summed E-state index contributed by atoms with van der Waals surface area (Å²) in [6, 6.07) is 10.0. The molecule has 17 heavy (non-hydrogen) atoms. The van der Waals surface area contributed by atoms with Crippen LogP contribution in [0.3, 0.4) is 0 Å². The molecule has 2 atom stereocenters. The van der Waals surface area contributed by atoms with Crippen molar-refractivity contribution in [3.63, 3.8) is 0 Å². The molecule has 1 aliphatic heterocycles. The number of nitrogens with zero attached hydrogens (tertiary/aromatic N) is 1. The van der Waals surface area contributed by atoms with Gasteiger partial charge in [-0.25, -0.2) is 0 Å². The highest BCUT2D eigenvalue weighted by atomic mass is 16.2. The Morgan fingerprint density at radius 3 is 2.35 bits per heavy atom. The van der Waals surface area contributed by atoms with Crippen LogP contribution in [0.5, 0.6) is 0 Å². The maximum atomic E-state index is 12.2. The van der Waals surface area contributed by atoms with Gasteiger partial charge in [0, 0.05) is 13.0 Å². The highest BCUT2D eigenvalue weighted by Gasteiger charge is 2.44. The van der Waals surface area contributed by atoms with Crippen LogP contribution in [0.25, 0.3) is 0 Å². The van der Waals surface area contributed by atoms with Crippen molar-refractivity contribution < 1.29 is 4.79 Å². The van der Waals surface area contributed by atoms with E-state index < -0.39 is 0 Å². The van der Waals surface area contributed by atoms with Crippen LogP contribution in [-0.4, -0.2) is 29.6 Å². The highest BCUT2D eigenvalue weighted by Crippen LogP contribution is 2.28. The van der Waals surface area contributed by atoms with Crippen molar-refractivity contribution in [3.8, 4) is 0 Å². The first-order chi connectivity index (χ1) is 7.93. The predicted octanol–water partition coefficient (Wildman–Crippen LogP) is 1.96. The Bertz CT molecular complexity index is 413. The molecular formula is C14H20N2O. The Kier molecular flexibility index (Phi) is 2.96. The molecule has 0 aromatic heterocycles. The highest BCUT2D eigenvalue weighted by molar-refractivity contribution is 5.85. The minimum Gasteiger partial charge on any atom is -0.327 e. The van der Waals surface area contributed by atoms with Gasteiger partial charge in [-0.2, -0.15) is 0 Å². The van der Waals surface area contributed by atoms with E-state index in [-0.39, 0.29) is 23.5 Å². The zero-order chi connectivity index (χ0) is 12.6. The van der Waals surface area contributed by atoms with Gasteiger partial charge in [0.1, 0.15) is 0 Å². The van der Waals surface area contributed by atoms with Crippen LogP contribution < -0.4 is 5.32 Å². The maximum Gasteiger partial charge on any atom is 0.241 e. The lowest BCUT2D eigenvalue weighted by Gasteiger charge is -2.27. The van der Waals surface area contributed by atoms with E-state index in [0.717, 1.165) is 0 Å². The van der Waals surface area contributed by atoms with E-state index in [4.69, 9.17) is 0 Å². The molecule has 1 amide bonds. The average molecular weight is 232 g/mol. The summed E-state index contributed by atoms with van der Waals surface area (Å²) in [6.45, 7) is 6.16. The summed E-state index contributed by atoms with van der Waals surface area (Å²) in [5.74, 6) is 0.360. The van der Waals surface area contributed by atoms with E-state index >= 15 is 0 Å². The largest absolute Gasteiger partial charge is 0.327 e. The average Bonchev–Trinajstić information content (AvgIpc) is 2.53. The van der Waals surface area contributed by atoms with E-state index in [1.807, 2.05) is 39.1 Å². The van der Waals surface area contributed by atoms with Gasteiger partial charge in [-0.3, -0.25) is 10.1 Å². The first-order valence-electron chi connectivity index (χ1n) is 6.04. The number of hydrogen-bond donors (Lipinski definition) is 1. The van der Waals surface area contributed by atoms with Gasteiger partial charge in [-0.15, -0.1) is 0 Å². The lowest BCUT2D eigenvalue weighted by molar-refractivity contribution is -0.130. The molecule has 1 aromatic rings. The number of likely N-dealkylation sites (N-methyl/N-ethyl adjacent to an activating group) is 1. The van der Waals surface area contributed by atoms with Crippen molar-refractivity contribution in [1.29, 1.82) is 0 Å². The number of rotatable bonds is 2. The SMILES string of the molecule is C[C@H](c1ccccc1)[C@@H]1NC(C)(C)N(C)C1=O. The molecule has 3 heteroatoms. The quantitative estimate of drug-likeness (QED) is 0.845. The molecule has 0 radical (unpaired) electrons. The summed E-state index contributed by atoms with van der Waals surface area (Å²) in [6.07, 6.45) is 0. The third-order valence-corrected chi connectivity index (χ3v) is 3.77. The van der Waals surface area contributed by atoms with Gasteiger partial charge >= 0.3 is 0 Å². The molecule has 0 unspecified atom stereocenters. The van der Waals surface area contributed by atoms with E-state index in [9.17, 15) is 4.79 Å². The van der Waals surface area contributed by atoms with Crippen molar-refractivity contribution in [2.75, 3.05) is 7.05 Å². The molecule has 1 heterocycles. The summed E-state index contributed by atoms with van der Waals surface area (Å²) in [5, 5.41) is 3.40. The molecule has 0 saturated carbocycles. The standard InChI is InChI=1S/C14H20N2O/c1-10(11-8-6-5-7-9-11)12-13(17)16(4)14(2,3)15-12/h5-10,12,15H,1-4H3/t10-,12+/m1/s1. The van der Waals surface area contributed by atoms with Gasteiger partial charge in [-0.05, 0) is 19.4 Å². The molecule has 0 aliphatic carbocycles. The molecule has 3 nitrogen and oxygen atoms in total. The topological polar surface area (TPSA) is 32.3 Å². The van der Waals surface area contributed by atoms with Gasteiger partial charge in [-0.1, -0.05) is 37.3 Å². The Balaban J connectivity index is 2.23. The Morgan fingerprint density at radius 1 is 1.29 bits per heavy atom. The van der Waals surface area contributed by atoms with Gasteiger partial charge in [0.05, 0.1) is 11.7 Å². The third-order valence-electron chi connectivity index (χ3n) is 3.77. The summed E-state index contributed by atoms with van der Waals surface area (Å²) >= 11 is 0. The second-order valence-corrected chi connectivity index (χ2v) is 5.28. The maximum absolute atomic E-state index is 12.2. The second-order valence-electron chi connectivity index (χ2n) is 5.28. The van der Waals surface area contributed by atoms with Crippen molar-refractivity contribution in [2.24, 2.45) is 0 Å². The Morgan fingerprint density at radius 2 is 1.88 bits per heavy atom. The van der Waals surface area contributed by atoms with Crippen LogP contribution in [0.15, 0.2) is 30.3 Å². The van der Waals surface area contributed by atoms with Gasteiger partial charge < -0.3 is 4.90 Å². The summed E-state index contributed by atoms with van der Waals surface area (Å²) in [5.41, 5.74) is 0.939. The van der Waals surface area contributed by atoms with E-state index in [1.54, 1.807) is 4.90 Å². The minimum atomic E-state index is -0.259. The van der Waals surface area contributed by atoms with Crippen molar-refractivity contribution in [1.82, 2.24) is 10.2 Å². The summed E-state index contributed by atoms with van der Waals surface area (Å²) in [4.78, 5) is 14.0. The van der Waals surface area contributed by atoms with Crippen LogP contribution in [0, 0.1) is 0 Å². The molecule has 1 saturated heterocycles. The fraction of sp³-hybridized carbons (Fsp3) is 0.500. The lowest BCUT2D eigenvalue weighted by atomic mass is 9.93. The Hall–Kier alpha value is -1.35. The number of carbonyl (C=O) groups excluding carboxylic acids is 1. The lowest BCUT2D eigenvalue weighted by Crippen LogP contribution is -2.45. The third kappa shape index (κ3) is 2.07. The van der Waals surface area contributed by atoms with Crippen LogP contribution in [0.2, 0.25) is 0 Å². The molecule has 92 valence electrons. The first kappa shape index (κ1) is 12.1. The van der Waals surface area contributed by atoms with Gasteiger partial charge in [0.25, 0.3) is 0 Å². The van der Waals surface area contributed by atoms with Crippen LogP contribution in [-0.2, 0) is 4.79 Å². The number of benzene rings is 1. The number of amides is 1. The first-order valence-corrected chi connectivity index (χ1v) is 6.04. The smallest absolute Gasteiger partial charge is 0.241 e. The van der Waals surface area contributed by atoms with E-state index in [0.29, 0.717) is 0 Å². The van der Waals surface area contributed by atoms with Crippen LogP contribution in [0.1, 0.15) is 32.3 Å². The zero-order valence-electron chi connectivity index (χ0n) is 10.9. The van der Waals surface area contributed by atoms with Gasteiger partial charge in [0.15, 0.2) is 0 Å². The predicted molar refractivity (Wildman–Crippen MR) is 68.6 cm³/mol. The number of nitrogens with one attached hydrogen (secondary N) is 1. The second kappa shape index (κ2) is 4.15. The molecule has 1 N–H and O–H groups in total. The fourth-order valence-corrected chi connectivity index (χ4v) is 2.31. The zero-order valence-corrected chi connectivity index (χ0v) is 10.9. The Labute approximate surface area is 103 Å². The molecule has 2 rings (SSSR count). The molecule has 0 bridgehead atoms. The number of hydrogen-bond acceptors (Lipinski definition) is 2. The summed E-state index contributed by atoms with van der Waals surface area (Å²) in [7, 11) is 1.85. The fourth-order valence-electron chi connectivity index (χ4n) is 2.31. The monoisotopic (exact) mass is 232 g/mol. The molecule has 0 spiro atoms. The van der Waals surface area contributed by atoms with Crippen LogP contribution in [0.4, 0.5) is 0 Å². The van der Waals surface area contributed by atoms with Crippen molar-refractivity contribution in [2.45, 2.75) is 38.4 Å². The summed E-state index contributed by atoms with van der Waals surface area (Å²) < 4.78 is 0. The van der Waals surface area contributed by atoms with Gasteiger partial charge in [0.2, 0.25) is 5.91 Å². The minimum absolute atomic E-state index is 0.127. The molecule has 1 fully saturated rings. The van der Waals surface area contributed by atoms with Crippen LogP contribution >= 0.6 is 0 Å².